The van der Waals surface area contributed by atoms with Gasteiger partial charge in [-0.2, -0.15) is 0 Å². The van der Waals surface area contributed by atoms with E-state index in [1.54, 1.807) is 23.7 Å². The Kier molecular flexibility index (Phi) is 4.24. The van der Waals surface area contributed by atoms with Crippen LogP contribution in [0.1, 0.15) is 0 Å². The standard InChI is InChI=1S/C17H18N6S/c1-2-6-15(7-3-1)22-9-11-23(12-10-22)17-21-20-16(24-17)19-14-5-4-8-18-13-14/h1-8,13H,9-12H2,(H,19,20). The summed E-state index contributed by atoms with van der Waals surface area (Å²) in [6.45, 7) is 3.90. The smallest absolute Gasteiger partial charge is 0.211 e. The average molecular weight is 338 g/mol. The topological polar surface area (TPSA) is 57.2 Å². The van der Waals surface area contributed by atoms with E-state index >= 15 is 0 Å². The zero-order valence-corrected chi connectivity index (χ0v) is 14.0. The summed E-state index contributed by atoms with van der Waals surface area (Å²) in [5, 5.41) is 13.6. The lowest BCUT2D eigenvalue weighted by atomic mass is 10.2. The van der Waals surface area contributed by atoms with Crippen molar-refractivity contribution in [1.29, 1.82) is 0 Å². The number of benzene rings is 1. The first-order valence-corrected chi connectivity index (χ1v) is 8.76. The predicted molar refractivity (Wildman–Crippen MR) is 98.3 cm³/mol. The molecule has 1 aromatic carbocycles. The Balaban J connectivity index is 1.38. The van der Waals surface area contributed by atoms with Gasteiger partial charge in [-0.1, -0.05) is 29.5 Å². The van der Waals surface area contributed by atoms with E-state index in [1.165, 1.54) is 5.69 Å². The molecule has 3 heterocycles. The highest BCUT2D eigenvalue weighted by atomic mass is 32.1. The first-order valence-electron chi connectivity index (χ1n) is 7.94. The Bertz CT molecular complexity index is 768. The second-order valence-corrected chi connectivity index (χ2v) is 6.52. The number of rotatable bonds is 4. The van der Waals surface area contributed by atoms with Gasteiger partial charge in [-0.05, 0) is 24.3 Å². The maximum absolute atomic E-state index is 4.33. The fourth-order valence-electron chi connectivity index (χ4n) is 2.75. The molecule has 0 unspecified atom stereocenters. The van der Waals surface area contributed by atoms with Crippen LogP contribution in [0.2, 0.25) is 0 Å². The van der Waals surface area contributed by atoms with Crippen molar-refractivity contribution in [3.05, 3.63) is 54.9 Å². The van der Waals surface area contributed by atoms with Gasteiger partial charge in [0.2, 0.25) is 10.3 Å². The minimum atomic E-state index is 0.795. The fourth-order valence-corrected chi connectivity index (χ4v) is 3.57. The van der Waals surface area contributed by atoms with Gasteiger partial charge >= 0.3 is 0 Å². The summed E-state index contributed by atoms with van der Waals surface area (Å²) in [4.78, 5) is 8.80. The number of aromatic nitrogens is 3. The molecule has 1 fully saturated rings. The van der Waals surface area contributed by atoms with Gasteiger partial charge in [-0.25, -0.2) is 0 Å². The normalized spacial score (nSPS) is 14.7. The molecule has 0 spiro atoms. The zero-order chi connectivity index (χ0) is 16.2. The molecule has 1 aliphatic rings. The molecule has 6 nitrogen and oxygen atoms in total. The molecule has 122 valence electrons. The first kappa shape index (κ1) is 14.9. The van der Waals surface area contributed by atoms with Crippen molar-refractivity contribution in [2.45, 2.75) is 0 Å². The van der Waals surface area contributed by atoms with Crippen LogP contribution in [0.5, 0.6) is 0 Å². The summed E-state index contributed by atoms with van der Waals surface area (Å²) >= 11 is 1.58. The van der Waals surface area contributed by atoms with E-state index in [4.69, 9.17) is 0 Å². The van der Waals surface area contributed by atoms with Crippen molar-refractivity contribution in [2.24, 2.45) is 0 Å². The average Bonchev–Trinajstić information content (AvgIpc) is 3.12. The van der Waals surface area contributed by atoms with Gasteiger partial charge in [0.05, 0.1) is 11.9 Å². The minimum Gasteiger partial charge on any atom is -0.368 e. The third-order valence-corrected chi connectivity index (χ3v) is 4.90. The number of piperazine rings is 1. The van der Waals surface area contributed by atoms with E-state index in [-0.39, 0.29) is 0 Å². The van der Waals surface area contributed by atoms with Crippen LogP contribution < -0.4 is 15.1 Å². The van der Waals surface area contributed by atoms with Gasteiger partial charge in [0, 0.05) is 38.1 Å². The van der Waals surface area contributed by atoms with Gasteiger partial charge in [0.25, 0.3) is 0 Å². The van der Waals surface area contributed by atoms with Gasteiger partial charge in [-0.3, -0.25) is 4.98 Å². The molecule has 2 aromatic heterocycles. The van der Waals surface area contributed by atoms with E-state index in [0.717, 1.165) is 42.1 Å². The highest BCUT2D eigenvalue weighted by Crippen LogP contribution is 2.27. The largest absolute Gasteiger partial charge is 0.368 e. The van der Waals surface area contributed by atoms with Crippen LogP contribution in [0, 0.1) is 0 Å². The van der Waals surface area contributed by atoms with E-state index in [0.29, 0.717) is 0 Å². The number of hydrogen-bond donors (Lipinski definition) is 1. The van der Waals surface area contributed by atoms with Crippen molar-refractivity contribution >= 4 is 33.0 Å². The molecule has 0 atom stereocenters. The Hall–Kier alpha value is -2.67. The molecule has 0 saturated carbocycles. The lowest BCUT2D eigenvalue weighted by molar-refractivity contribution is 0.650. The molecular formula is C17H18N6S. The number of hydrogen-bond acceptors (Lipinski definition) is 7. The van der Waals surface area contributed by atoms with Crippen LogP contribution in [0.4, 0.5) is 21.6 Å². The summed E-state index contributed by atoms with van der Waals surface area (Å²) in [6, 6.07) is 14.4. The van der Waals surface area contributed by atoms with E-state index in [1.807, 2.05) is 12.1 Å². The number of nitrogens with one attached hydrogen (secondary N) is 1. The summed E-state index contributed by atoms with van der Waals surface area (Å²) in [5.74, 6) is 0. The molecule has 4 rings (SSSR count). The molecule has 0 bridgehead atoms. The number of nitrogens with zero attached hydrogens (tertiary/aromatic N) is 5. The SMILES string of the molecule is c1ccc(N2CCN(c3nnc(Nc4cccnc4)s3)CC2)cc1. The van der Waals surface area contributed by atoms with E-state index < -0.39 is 0 Å². The molecule has 0 radical (unpaired) electrons. The maximum atomic E-state index is 4.33. The van der Waals surface area contributed by atoms with Gasteiger partial charge in [0.15, 0.2) is 0 Å². The summed E-state index contributed by atoms with van der Waals surface area (Å²) in [5.41, 5.74) is 2.21. The van der Waals surface area contributed by atoms with Crippen LogP contribution in [-0.2, 0) is 0 Å². The second-order valence-electron chi connectivity index (χ2n) is 5.57. The Morgan fingerprint density at radius 2 is 1.67 bits per heavy atom. The molecule has 24 heavy (non-hydrogen) atoms. The Labute approximate surface area is 144 Å². The van der Waals surface area contributed by atoms with Crippen LogP contribution in [-0.4, -0.2) is 41.4 Å². The quantitative estimate of drug-likeness (QED) is 0.789. The summed E-state index contributed by atoms with van der Waals surface area (Å²) in [7, 11) is 0. The molecule has 0 aliphatic carbocycles. The molecule has 3 aromatic rings. The monoisotopic (exact) mass is 338 g/mol. The second kappa shape index (κ2) is 6.84. The van der Waals surface area contributed by atoms with E-state index in [9.17, 15) is 0 Å². The molecule has 1 N–H and O–H groups in total. The predicted octanol–water partition coefficient (Wildman–Crippen LogP) is 3.00. The van der Waals surface area contributed by atoms with Crippen LogP contribution in [0.25, 0.3) is 0 Å². The van der Waals surface area contributed by atoms with Crippen LogP contribution >= 0.6 is 11.3 Å². The molecule has 7 heteroatoms. The number of anilines is 4. The highest BCUT2D eigenvalue weighted by Gasteiger charge is 2.20. The van der Waals surface area contributed by atoms with Crippen molar-refractivity contribution in [3.63, 3.8) is 0 Å². The van der Waals surface area contributed by atoms with Gasteiger partial charge in [0.1, 0.15) is 0 Å². The Morgan fingerprint density at radius 1 is 0.875 bits per heavy atom. The lowest BCUT2D eigenvalue weighted by Crippen LogP contribution is -2.46. The highest BCUT2D eigenvalue weighted by molar-refractivity contribution is 7.19. The molecule has 1 saturated heterocycles. The Morgan fingerprint density at radius 3 is 2.42 bits per heavy atom. The van der Waals surface area contributed by atoms with Crippen molar-refractivity contribution < 1.29 is 0 Å². The van der Waals surface area contributed by atoms with Crippen LogP contribution in [0.15, 0.2) is 54.9 Å². The number of para-hydroxylation sites is 1. The third-order valence-electron chi connectivity index (χ3n) is 4.00. The maximum Gasteiger partial charge on any atom is 0.211 e. The molecule has 1 aliphatic heterocycles. The molecule has 0 amide bonds. The lowest BCUT2D eigenvalue weighted by Gasteiger charge is -2.35. The molecular weight excluding hydrogens is 320 g/mol. The van der Waals surface area contributed by atoms with E-state index in [2.05, 4.69) is 60.6 Å². The van der Waals surface area contributed by atoms with Gasteiger partial charge < -0.3 is 15.1 Å². The van der Waals surface area contributed by atoms with Crippen LogP contribution in [0.3, 0.4) is 0 Å². The van der Waals surface area contributed by atoms with Gasteiger partial charge in [-0.15, -0.1) is 10.2 Å². The summed E-state index contributed by atoms with van der Waals surface area (Å²) < 4.78 is 0. The fraction of sp³-hybridized carbons (Fsp3) is 0.235. The zero-order valence-electron chi connectivity index (χ0n) is 13.2. The van der Waals surface area contributed by atoms with Crippen molar-refractivity contribution in [1.82, 2.24) is 15.2 Å². The summed E-state index contributed by atoms with van der Waals surface area (Å²) in [6.07, 6.45) is 3.53. The van der Waals surface area contributed by atoms with Crippen molar-refractivity contribution in [3.8, 4) is 0 Å². The first-order chi connectivity index (χ1) is 11.9. The number of pyridine rings is 1. The minimum absolute atomic E-state index is 0.795. The third kappa shape index (κ3) is 3.30. The van der Waals surface area contributed by atoms with Crippen molar-refractivity contribution in [2.75, 3.05) is 41.3 Å².